The van der Waals surface area contributed by atoms with E-state index in [0.717, 1.165) is 49.8 Å². The van der Waals surface area contributed by atoms with E-state index in [1.165, 1.54) is 19.3 Å². The van der Waals surface area contributed by atoms with E-state index in [9.17, 15) is 9.90 Å². The minimum absolute atomic E-state index is 0.0900. The van der Waals surface area contributed by atoms with Crippen molar-refractivity contribution in [3.63, 3.8) is 0 Å². The molecule has 1 aliphatic carbocycles. The number of carbonyl (C=O) groups excluding carboxylic acids is 1. The van der Waals surface area contributed by atoms with Crippen LogP contribution < -0.4 is 0 Å². The fourth-order valence-electron chi connectivity index (χ4n) is 5.57. The summed E-state index contributed by atoms with van der Waals surface area (Å²) in [6, 6.07) is 0.489. The number of nitrogens with zero attached hydrogens (tertiary/aromatic N) is 2. The molecule has 0 unspecified atom stereocenters. The van der Waals surface area contributed by atoms with Crippen molar-refractivity contribution in [1.82, 2.24) is 15.1 Å². The molecule has 4 rings (SSSR count). The molecule has 3 aliphatic rings. The Morgan fingerprint density at radius 2 is 2.12 bits per heavy atom. The molecule has 24 heavy (non-hydrogen) atoms. The molecule has 132 valence electrons. The Balaban J connectivity index is 1.60. The Labute approximate surface area is 143 Å². The lowest BCUT2D eigenvalue weighted by molar-refractivity contribution is 0.0555. The van der Waals surface area contributed by atoms with Crippen LogP contribution in [0.1, 0.15) is 86.7 Å². The van der Waals surface area contributed by atoms with E-state index < -0.39 is 0 Å². The SMILES string of the molecule is CC[C@]1(CO)C[C@H]2CC[C@@H]1N2C(=O)c1cn[nH]c1C1CCCCC1. The quantitative estimate of drug-likeness (QED) is 0.890. The van der Waals surface area contributed by atoms with Crippen molar-refractivity contribution < 1.29 is 9.90 Å². The average molecular weight is 331 g/mol. The van der Waals surface area contributed by atoms with Gasteiger partial charge in [0.1, 0.15) is 0 Å². The van der Waals surface area contributed by atoms with Gasteiger partial charge in [0.25, 0.3) is 5.91 Å². The molecule has 2 saturated heterocycles. The minimum Gasteiger partial charge on any atom is -0.396 e. The van der Waals surface area contributed by atoms with Crippen LogP contribution in [0.3, 0.4) is 0 Å². The number of fused-ring (bicyclic) bond motifs is 2. The first-order chi connectivity index (χ1) is 11.7. The highest BCUT2D eigenvalue weighted by Crippen LogP contribution is 2.52. The maximum absolute atomic E-state index is 13.3. The highest BCUT2D eigenvalue weighted by molar-refractivity contribution is 5.96. The molecule has 1 amide bonds. The summed E-state index contributed by atoms with van der Waals surface area (Å²) in [5.41, 5.74) is 1.74. The van der Waals surface area contributed by atoms with E-state index in [2.05, 4.69) is 22.0 Å². The van der Waals surface area contributed by atoms with E-state index in [-0.39, 0.29) is 24.0 Å². The van der Waals surface area contributed by atoms with Crippen LogP contribution in [0, 0.1) is 5.41 Å². The maximum atomic E-state index is 13.3. The van der Waals surface area contributed by atoms with Gasteiger partial charge in [-0.2, -0.15) is 5.10 Å². The van der Waals surface area contributed by atoms with Gasteiger partial charge in [-0.05, 0) is 38.5 Å². The van der Waals surface area contributed by atoms with E-state index in [1.54, 1.807) is 6.20 Å². The molecule has 0 radical (unpaired) electrons. The first kappa shape index (κ1) is 16.1. The molecule has 5 heteroatoms. The summed E-state index contributed by atoms with van der Waals surface area (Å²) >= 11 is 0. The molecule has 2 bridgehead atoms. The number of carbonyl (C=O) groups is 1. The minimum atomic E-state index is -0.0900. The number of nitrogens with one attached hydrogen (secondary N) is 1. The Kier molecular flexibility index (Phi) is 4.15. The number of aromatic nitrogens is 2. The zero-order chi connectivity index (χ0) is 16.7. The largest absolute Gasteiger partial charge is 0.396 e. The van der Waals surface area contributed by atoms with Crippen molar-refractivity contribution in [2.45, 2.75) is 82.7 Å². The van der Waals surface area contributed by atoms with Gasteiger partial charge in [0.05, 0.1) is 24.1 Å². The van der Waals surface area contributed by atoms with Gasteiger partial charge in [-0.1, -0.05) is 26.2 Å². The number of aliphatic hydroxyl groups is 1. The van der Waals surface area contributed by atoms with Crippen LogP contribution in [-0.4, -0.2) is 44.8 Å². The van der Waals surface area contributed by atoms with Gasteiger partial charge in [0.2, 0.25) is 0 Å². The predicted octanol–water partition coefficient (Wildman–Crippen LogP) is 3.22. The zero-order valence-electron chi connectivity index (χ0n) is 14.6. The van der Waals surface area contributed by atoms with E-state index in [4.69, 9.17) is 0 Å². The first-order valence-corrected chi connectivity index (χ1v) is 9.67. The highest BCUT2D eigenvalue weighted by Gasteiger charge is 2.56. The van der Waals surface area contributed by atoms with Gasteiger partial charge in [0, 0.05) is 23.4 Å². The van der Waals surface area contributed by atoms with Crippen LogP contribution >= 0.6 is 0 Å². The Bertz CT molecular complexity index is 602. The number of amides is 1. The number of aromatic amines is 1. The number of rotatable bonds is 4. The second-order valence-corrected chi connectivity index (χ2v) is 8.07. The Morgan fingerprint density at radius 1 is 1.33 bits per heavy atom. The van der Waals surface area contributed by atoms with Crippen molar-refractivity contribution in [1.29, 1.82) is 0 Å². The summed E-state index contributed by atoms with van der Waals surface area (Å²) < 4.78 is 0. The monoisotopic (exact) mass is 331 g/mol. The summed E-state index contributed by atoms with van der Waals surface area (Å²) in [6.07, 6.45) is 11.8. The average Bonchev–Trinajstić information content (AvgIpc) is 3.35. The lowest BCUT2D eigenvalue weighted by Gasteiger charge is -2.34. The van der Waals surface area contributed by atoms with Gasteiger partial charge in [0.15, 0.2) is 0 Å². The third kappa shape index (κ3) is 2.32. The van der Waals surface area contributed by atoms with Crippen molar-refractivity contribution in [3.05, 3.63) is 17.5 Å². The second kappa shape index (κ2) is 6.17. The van der Waals surface area contributed by atoms with Crippen molar-refractivity contribution in [2.75, 3.05) is 6.61 Å². The van der Waals surface area contributed by atoms with Crippen LogP contribution in [0.15, 0.2) is 6.20 Å². The number of hydrogen-bond acceptors (Lipinski definition) is 3. The zero-order valence-corrected chi connectivity index (χ0v) is 14.6. The molecule has 2 aliphatic heterocycles. The molecule has 2 N–H and O–H groups in total. The topological polar surface area (TPSA) is 69.2 Å². The summed E-state index contributed by atoms with van der Waals surface area (Å²) in [4.78, 5) is 15.4. The van der Waals surface area contributed by atoms with Gasteiger partial charge in [-0.3, -0.25) is 9.89 Å². The third-order valence-electron chi connectivity index (χ3n) is 7.02. The second-order valence-electron chi connectivity index (χ2n) is 8.07. The van der Waals surface area contributed by atoms with Crippen LogP contribution in [0.25, 0.3) is 0 Å². The third-order valence-corrected chi connectivity index (χ3v) is 7.02. The molecule has 3 atom stereocenters. The van der Waals surface area contributed by atoms with E-state index in [0.29, 0.717) is 12.0 Å². The summed E-state index contributed by atoms with van der Waals surface area (Å²) in [5.74, 6) is 0.592. The fraction of sp³-hybridized carbons (Fsp3) is 0.789. The first-order valence-electron chi connectivity index (χ1n) is 9.67. The number of aliphatic hydroxyl groups excluding tert-OH is 1. The smallest absolute Gasteiger partial charge is 0.257 e. The van der Waals surface area contributed by atoms with Gasteiger partial charge in [-0.25, -0.2) is 0 Å². The van der Waals surface area contributed by atoms with Crippen molar-refractivity contribution >= 4 is 5.91 Å². The van der Waals surface area contributed by atoms with Crippen LogP contribution in [0.5, 0.6) is 0 Å². The van der Waals surface area contributed by atoms with Crippen LogP contribution in [-0.2, 0) is 0 Å². The van der Waals surface area contributed by atoms with Crippen molar-refractivity contribution in [3.8, 4) is 0 Å². The van der Waals surface area contributed by atoms with Gasteiger partial charge in [-0.15, -0.1) is 0 Å². The molecule has 1 saturated carbocycles. The lowest BCUT2D eigenvalue weighted by atomic mass is 9.72. The number of H-pyrrole nitrogens is 1. The van der Waals surface area contributed by atoms with E-state index in [1.807, 2.05) is 0 Å². The molecule has 1 aromatic heterocycles. The van der Waals surface area contributed by atoms with E-state index >= 15 is 0 Å². The predicted molar refractivity (Wildman–Crippen MR) is 91.8 cm³/mol. The molecule has 0 aromatic carbocycles. The summed E-state index contributed by atoms with van der Waals surface area (Å²) in [5, 5.41) is 17.3. The Hall–Kier alpha value is -1.36. The molecule has 5 nitrogen and oxygen atoms in total. The standard InChI is InChI=1S/C19H29N3O2/c1-2-19(12-23)10-14-8-9-16(19)22(14)18(24)15-11-20-21-17(15)13-6-4-3-5-7-13/h11,13-14,16,23H,2-10,12H2,1H3,(H,20,21)/t14-,16+,19-/m1/s1. The van der Waals surface area contributed by atoms with Crippen LogP contribution in [0.4, 0.5) is 0 Å². The summed E-state index contributed by atoms with van der Waals surface area (Å²) in [7, 11) is 0. The summed E-state index contributed by atoms with van der Waals surface area (Å²) in [6.45, 7) is 2.33. The fourth-order valence-corrected chi connectivity index (χ4v) is 5.57. The molecule has 1 aromatic rings. The molecule has 0 spiro atoms. The lowest BCUT2D eigenvalue weighted by Crippen LogP contribution is -2.42. The molecular weight excluding hydrogens is 302 g/mol. The van der Waals surface area contributed by atoms with Crippen LogP contribution in [0.2, 0.25) is 0 Å². The van der Waals surface area contributed by atoms with Gasteiger partial charge < -0.3 is 10.0 Å². The molecular formula is C19H29N3O2. The normalized spacial score (nSPS) is 33.3. The molecule has 3 heterocycles. The number of hydrogen-bond donors (Lipinski definition) is 2. The van der Waals surface area contributed by atoms with Crippen molar-refractivity contribution in [2.24, 2.45) is 5.41 Å². The van der Waals surface area contributed by atoms with Gasteiger partial charge >= 0.3 is 0 Å². The highest BCUT2D eigenvalue weighted by atomic mass is 16.3. The molecule has 3 fully saturated rings. The maximum Gasteiger partial charge on any atom is 0.257 e. The Morgan fingerprint density at radius 3 is 2.79 bits per heavy atom.